The number of nitrogens with one attached hydrogen (secondary N) is 1. The molecule has 4 nitrogen and oxygen atoms in total. The Hall–Kier alpha value is -2.45. The molecule has 1 N–H and O–H groups in total. The molecule has 0 atom stereocenters. The largest absolute Gasteiger partial charge is 0.377 e. The molecule has 0 unspecified atom stereocenters. The lowest BCUT2D eigenvalue weighted by molar-refractivity contribution is 0.116. The summed E-state index contributed by atoms with van der Waals surface area (Å²) >= 11 is 0. The van der Waals surface area contributed by atoms with E-state index in [0.29, 0.717) is 29.0 Å². The second kappa shape index (κ2) is 7.70. The first kappa shape index (κ1) is 16.9. The van der Waals surface area contributed by atoms with Crippen molar-refractivity contribution in [3.63, 3.8) is 0 Å². The molecule has 23 heavy (non-hydrogen) atoms. The quantitative estimate of drug-likeness (QED) is 0.827. The number of aromatic nitrogens is 1. The number of halogens is 1. The van der Waals surface area contributed by atoms with Crippen molar-refractivity contribution in [1.82, 2.24) is 4.98 Å². The van der Waals surface area contributed by atoms with E-state index in [0.717, 1.165) is 12.8 Å². The normalized spacial score (nSPS) is 10.5. The van der Waals surface area contributed by atoms with E-state index in [1.165, 1.54) is 6.07 Å². The van der Waals surface area contributed by atoms with Crippen LogP contribution in [0.3, 0.4) is 0 Å². The molecule has 0 bridgehead atoms. The number of rotatable bonds is 6. The van der Waals surface area contributed by atoms with Gasteiger partial charge in [-0.3, -0.25) is 4.79 Å². The Morgan fingerprint density at radius 1 is 1.35 bits per heavy atom. The van der Waals surface area contributed by atoms with Crippen LogP contribution in [0, 0.1) is 24.1 Å². The Morgan fingerprint density at radius 2 is 2.13 bits per heavy atom. The molecule has 0 aliphatic heterocycles. The Bertz CT molecular complexity index is 791. The van der Waals surface area contributed by atoms with Gasteiger partial charge in [0.25, 0.3) is 5.56 Å². The first-order valence-electron chi connectivity index (χ1n) is 7.57. The van der Waals surface area contributed by atoms with Gasteiger partial charge >= 0.3 is 0 Å². The zero-order valence-electron chi connectivity index (χ0n) is 13.3. The summed E-state index contributed by atoms with van der Waals surface area (Å²) in [5, 5.41) is 9.16. The summed E-state index contributed by atoms with van der Waals surface area (Å²) in [6.07, 6.45) is 1.97. The van der Waals surface area contributed by atoms with Gasteiger partial charge in [0.1, 0.15) is 17.4 Å². The summed E-state index contributed by atoms with van der Waals surface area (Å²) in [6, 6.07) is 8.23. The van der Waals surface area contributed by atoms with Crippen LogP contribution in [0.25, 0.3) is 11.1 Å². The second-order valence-electron chi connectivity index (χ2n) is 5.39. The number of unbranched alkanes of at least 4 members (excludes halogenated alkanes) is 1. The summed E-state index contributed by atoms with van der Waals surface area (Å²) in [7, 11) is 0. The smallest absolute Gasteiger partial charge is 0.266 e. The van der Waals surface area contributed by atoms with E-state index in [9.17, 15) is 9.18 Å². The first-order chi connectivity index (χ1) is 11.1. The molecular weight excluding hydrogens is 295 g/mol. The molecule has 0 saturated heterocycles. The van der Waals surface area contributed by atoms with Gasteiger partial charge in [-0.25, -0.2) is 4.39 Å². The Morgan fingerprint density at radius 3 is 2.78 bits per heavy atom. The van der Waals surface area contributed by atoms with Crippen LogP contribution in [-0.4, -0.2) is 11.6 Å². The van der Waals surface area contributed by atoms with Gasteiger partial charge in [-0.1, -0.05) is 25.5 Å². The standard InChI is InChI=1S/C18H19FN2O2/c1-3-4-7-23-11-14-6-5-13(9-17(14)19)15-8-12(2)21-18(22)16(15)10-20/h5-6,8-9H,3-4,7,11H2,1-2H3,(H,21,22). The summed E-state index contributed by atoms with van der Waals surface area (Å²) in [4.78, 5) is 14.4. The van der Waals surface area contributed by atoms with Crippen LogP contribution in [0.15, 0.2) is 29.1 Å². The van der Waals surface area contributed by atoms with Gasteiger partial charge < -0.3 is 9.72 Å². The molecule has 120 valence electrons. The summed E-state index contributed by atoms with van der Waals surface area (Å²) in [6.45, 7) is 4.60. The van der Waals surface area contributed by atoms with Crippen molar-refractivity contribution in [2.24, 2.45) is 0 Å². The van der Waals surface area contributed by atoms with Crippen LogP contribution in [0.2, 0.25) is 0 Å². The van der Waals surface area contributed by atoms with Crippen molar-refractivity contribution < 1.29 is 9.13 Å². The molecule has 0 radical (unpaired) electrons. The van der Waals surface area contributed by atoms with E-state index < -0.39 is 11.4 Å². The highest BCUT2D eigenvalue weighted by molar-refractivity contribution is 5.70. The maximum absolute atomic E-state index is 14.2. The molecule has 0 amide bonds. The summed E-state index contributed by atoms with van der Waals surface area (Å²) in [5.74, 6) is -0.402. The summed E-state index contributed by atoms with van der Waals surface area (Å²) in [5.41, 5.74) is 1.55. The lowest BCUT2D eigenvalue weighted by Crippen LogP contribution is -2.12. The van der Waals surface area contributed by atoms with Gasteiger partial charge in [-0.2, -0.15) is 5.26 Å². The summed E-state index contributed by atoms with van der Waals surface area (Å²) < 4.78 is 19.7. The topological polar surface area (TPSA) is 65.9 Å². The van der Waals surface area contributed by atoms with Crippen LogP contribution >= 0.6 is 0 Å². The molecule has 0 saturated carbocycles. The molecule has 0 aliphatic rings. The van der Waals surface area contributed by atoms with E-state index in [1.807, 2.05) is 6.07 Å². The molecule has 1 heterocycles. The van der Waals surface area contributed by atoms with E-state index in [1.54, 1.807) is 25.1 Å². The molecule has 0 aliphatic carbocycles. The van der Waals surface area contributed by atoms with Gasteiger partial charge in [-0.05, 0) is 31.0 Å². The minimum absolute atomic E-state index is 0.0121. The van der Waals surface area contributed by atoms with E-state index in [2.05, 4.69) is 11.9 Å². The molecule has 1 aromatic heterocycles. The van der Waals surface area contributed by atoms with Crippen LogP contribution in [0.5, 0.6) is 0 Å². The van der Waals surface area contributed by atoms with Gasteiger partial charge in [0.15, 0.2) is 0 Å². The third kappa shape index (κ3) is 4.05. The van der Waals surface area contributed by atoms with Crippen molar-refractivity contribution in [2.75, 3.05) is 6.61 Å². The maximum Gasteiger partial charge on any atom is 0.266 e. The lowest BCUT2D eigenvalue weighted by Gasteiger charge is -2.09. The van der Waals surface area contributed by atoms with Gasteiger partial charge in [-0.15, -0.1) is 0 Å². The Kier molecular flexibility index (Phi) is 5.67. The van der Waals surface area contributed by atoms with Gasteiger partial charge in [0.2, 0.25) is 0 Å². The molecule has 2 rings (SSSR count). The van der Waals surface area contributed by atoms with Crippen LogP contribution < -0.4 is 5.56 Å². The average Bonchev–Trinajstić information content (AvgIpc) is 2.52. The first-order valence-corrected chi connectivity index (χ1v) is 7.57. The van der Waals surface area contributed by atoms with Crippen LogP contribution in [0.1, 0.15) is 36.6 Å². The molecule has 0 fully saturated rings. The molecular formula is C18H19FN2O2. The number of hydrogen-bond donors (Lipinski definition) is 1. The van der Waals surface area contributed by atoms with Crippen molar-refractivity contribution in [2.45, 2.75) is 33.3 Å². The zero-order chi connectivity index (χ0) is 16.8. The van der Waals surface area contributed by atoms with Crippen LogP contribution in [-0.2, 0) is 11.3 Å². The van der Waals surface area contributed by atoms with Gasteiger partial charge in [0.05, 0.1) is 6.61 Å². The number of benzene rings is 1. The number of pyridine rings is 1. The predicted octanol–water partition coefficient (Wildman–Crippen LogP) is 3.68. The minimum Gasteiger partial charge on any atom is -0.377 e. The van der Waals surface area contributed by atoms with E-state index in [-0.39, 0.29) is 12.2 Å². The monoisotopic (exact) mass is 314 g/mol. The van der Waals surface area contributed by atoms with Crippen molar-refractivity contribution in [1.29, 1.82) is 5.26 Å². The second-order valence-corrected chi connectivity index (χ2v) is 5.39. The lowest BCUT2D eigenvalue weighted by atomic mass is 9.99. The fourth-order valence-corrected chi connectivity index (χ4v) is 2.29. The number of hydrogen-bond acceptors (Lipinski definition) is 3. The highest BCUT2D eigenvalue weighted by atomic mass is 19.1. The van der Waals surface area contributed by atoms with Crippen LogP contribution in [0.4, 0.5) is 4.39 Å². The number of ether oxygens (including phenoxy) is 1. The predicted molar refractivity (Wildman–Crippen MR) is 86.5 cm³/mol. The van der Waals surface area contributed by atoms with Gasteiger partial charge in [0, 0.05) is 23.4 Å². The van der Waals surface area contributed by atoms with E-state index >= 15 is 0 Å². The fourth-order valence-electron chi connectivity index (χ4n) is 2.29. The number of H-pyrrole nitrogens is 1. The fraction of sp³-hybridized carbons (Fsp3) is 0.333. The number of aryl methyl sites for hydroxylation is 1. The highest BCUT2D eigenvalue weighted by Crippen LogP contribution is 2.24. The molecule has 0 spiro atoms. The molecule has 5 heteroatoms. The average molecular weight is 314 g/mol. The zero-order valence-corrected chi connectivity index (χ0v) is 13.3. The SMILES string of the molecule is CCCCOCc1ccc(-c2cc(C)[nH]c(=O)c2C#N)cc1F. The third-order valence-corrected chi connectivity index (χ3v) is 3.54. The molecule has 1 aromatic carbocycles. The minimum atomic E-state index is -0.463. The van der Waals surface area contributed by atoms with Crippen molar-refractivity contribution >= 4 is 0 Å². The van der Waals surface area contributed by atoms with E-state index in [4.69, 9.17) is 10.00 Å². The maximum atomic E-state index is 14.2. The highest BCUT2D eigenvalue weighted by Gasteiger charge is 2.12. The Labute approximate surface area is 134 Å². The van der Waals surface area contributed by atoms with Crippen molar-refractivity contribution in [3.8, 4) is 17.2 Å². The number of nitrogens with zero attached hydrogens (tertiary/aromatic N) is 1. The third-order valence-electron chi connectivity index (χ3n) is 3.54. The number of aromatic amines is 1. The molecule has 2 aromatic rings. The number of nitriles is 1. The Balaban J connectivity index is 2.31. The van der Waals surface area contributed by atoms with Crippen molar-refractivity contribution in [3.05, 3.63) is 57.3 Å².